The largest absolute Gasteiger partial charge is 0.497 e. The predicted molar refractivity (Wildman–Crippen MR) is 82.6 cm³/mol. The molecule has 0 aliphatic heterocycles. The van der Waals surface area contributed by atoms with Crippen molar-refractivity contribution in [3.8, 4) is 17.0 Å². The lowest BCUT2D eigenvalue weighted by atomic mass is 10.1. The number of aryl methyl sites for hydroxylation is 1. The van der Waals surface area contributed by atoms with Gasteiger partial charge in [0, 0.05) is 23.1 Å². The molecule has 0 unspecified atom stereocenters. The van der Waals surface area contributed by atoms with Crippen LogP contribution in [0.15, 0.2) is 30.5 Å². The van der Waals surface area contributed by atoms with Crippen molar-refractivity contribution in [1.82, 2.24) is 9.38 Å². The molecule has 0 saturated heterocycles. The van der Waals surface area contributed by atoms with Crippen molar-refractivity contribution >= 4 is 16.3 Å². The van der Waals surface area contributed by atoms with Crippen LogP contribution in [0.1, 0.15) is 10.6 Å². The molecule has 2 heterocycles. The van der Waals surface area contributed by atoms with Crippen LogP contribution < -0.4 is 10.5 Å². The SMILES string of the molecule is COc1cccc(-c2nc3sc(C)cn3c2CCN)c1. The van der Waals surface area contributed by atoms with Gasteiger partial charge in [-0.1, -0.05) is 12.1 Å². The zero-order valence-corrected chi connectivity index (χ0v) is 12.4. The molecule has 2 N–H and O–H groups in total. The van der Waals surface area contributed by atoms with Gasteiger partial charge in [0.2, 0.25) is 0 Å². The number of fused-ring (bicyclic) bond motifs is 1. The van der Waals surface area contributed by atoms with E-state index < -0.39 is 0 Å². The fourth-order valence-corrected chi connectivity index (χ4v) is 3.22. The van der Waals surface area contributed by atoms with Crippen LogP contribution in [0.3, 0.4) is 0 Å². The maximum atomic E-state index is 5.76. The average molecular weight is 287 g/mol. The van der Waals surface area contributed by atoms with Gasteiger partial charge in [0.05, 0.1) is 18.5 Å². The fourth-order valence-electron chi connectivity index (χ4n) is 2.38. The zero-order valence-electron chi connectivity index (χ0n) is 11.6. The molecule has 5 heteroatoms. The maximum absolute atomic E-state index is 5.76. The van der Waals surface area contributed by atoms with Crippen LogP contribution >= 0.6 is 11.3 Å². The summed E-state index contributed by atoms with van der Waals surface area (Å²) in [4.78, 5) is 7.04. The normalized spacial score (nSPS) is 11.2. The van der Waals surface area contributed by atoms with Gasteiger partial charge in [-0.3, -0.25) is 4.40 Å². The lowest BCUT2D eigenvalue weighted by Crippen LogP contribution is -2.05. The lowest BCUT2D eigenvalue weighted by molar-refractivity contribution is 0.415. The summed E-state index contributed by atoms with van der Waals surface area (Å²) in [5, 5.41) is 0. The number of rotatable bonds is 4. The summed E-state index contributed by atoms with van der Waals surface area (Å²) in [5.74, 6) is 0.841. The Bertz CT molecular complexity index is 745. The van der Waals surface area contributed by atoms with E-state index in [0.29, 0.717) is 6.54 Å². The van der Waals surface area contributed by atoms with Crippen LogP contribution in [0.2, 0.25) is 0 Å². The van der Waals surface area contributed by atoms with Crippen molar-refractivity contribution in [3.05, 3.63) is 41.0 Å². The third-order valence-electron chi connectivity index (χ3n) is 3.27. The number of nitrogens with two attached hydrogens (primary N) is 1. The van der Waals surface area contributed by atoms with Crippen LogP contribution in [0.4, 0.5) is 0 Å². The Morgan fingerprint density at radius 1 is 1.40 bits per heavy atom. The number of ether oxygens (including phenoxy) is 1. The van der Waals surface area contributed by atoms with Crippen LogP contribution in [-0.2, 0) is 6.42 Å². The molecular formula is C15H17N3OS. The van der Waals surface area contributed by atoms with Crippen LogP contribution in [0.5, 0.6) is 5.75 Å². The minimum Gasteiger partial charge on any atom is -0.497 e. The molecule has 0 atom stereocenters. The highest BCUT2D eigenvalue weighted by Crippen LogP contribution is 2.30. The van der Waals surface area contributed by atoms with E-state index in [-0.39, 0.29) is 0 Å². The van der Waals surface area contributed by atoms with Gasteiger partial charge in [-0.2, -0.15) is 0 Å². The van der Waals surface area contributed by atoms with Gasteiger partial charge >= 0.3 is 0 Å². The van der Waals surface area contributed by atoms with Crippen molar-refractivity contribution in [2.24, 2.45) is 5.73 Å². The number of imidazole rings is 1. The number of nitrogens with zero attached hydrogens (tertiary/aromatic N) is 2. The minimum atomic E-state index is 0.611. The third kappa shape index (κ3) is 2.19. The molecule has 0 bridgehead atoms. The van der Waals surface area contributed by atoms with Gasteiger partial charge in [0.1, 0.15) is 5.75 Å². The first kappa shape index (κ1) is 13.1. The summed E-state index contributed by atoms with van der Waals surface area (Å²) in [5.41, 5.74) is 9.00. The molecule has 0 fully saturated rings. The summed E-state index contributed by atoms with van der Waals surface area (Å²) in [7, 11) is 1.68. The zero-order chi connectivity index (χ0) is 14.1. The Morgan fingerprint density at radius 2 is 2.25 bits per heavy atom. The van der Waals surface area contributed by atoms with Gasteiger partial charge < -0.3 is 10.5 Å². The Morgan fingerprint density at radius 3 is 3.00 bits per heavy atom. The van der Waals surface area contributed by atoms with Gasteiger partial charge in [-0.05, 0) is 25.6 Å². The van der Waals surface area contributed by atoms with Crippen molar-refractivity contribution < 1.29 is 4.74 Å². The first-order valence-electron chi connectivity index (χ1n) is 6.55. The van der Waals surface area contributed by atoms with E-state index in [0.717, 1.165) is 28.4 Å². The first-order valence-corrected chi connectivity index (χ1v) is 7.36. The summed E-state index contributed by atoms with van der Waals surface area (Å²) in [6.45, 7) is 2.70. The Kier molecular flexibility index (Phi) is 3.46. The van der Waals surface area contributed by atoms with Gasteiger partial charge in [-0.25, -0.2) is 4.98 Å². The minimum absolute atomic E-state index is 0.611. The first-order chi connectivity index (χ1) is 9.72. The molecule has 3 aromatic rings. The van der Waals surface area contributed by atoms with Crippen molar-refractivity contribution in [1.29, 1.82) is 0 Å². The molecule has 0 saturated carbocycles. The molecule has 0 aliphatic carbocycles. The van der Waals surface area contributed by atoms with Crippen LogP contribution in [0, 0.1) is 6.92 Å². The van der Waals surface area contributed by atoms with E-state index in [9.17, 15) is 0 Å². The second-order valence-corrected chi connectivity index (χ2v) is 5.89. The van der Waals surface area contributed by atoms with Gasteiger partial charge in [0.15, 0.2) is 4.96 Å². The smallest absolute Gasteiger partial charge is 0.194 e. The monoisotopic (exact) mass is 287 g/mol. The number of hydrogen-bond acceptors (Lipinski definition) is 4. The van der Waals surface area contributed by atoms with Crippen LogP contribution in [-0.4, -0.2) is 23.0 Å². The number of benzene rings is 1. The predicted octanol–water partition coefficient (Wildman–Crippen LogP) is 2.88. The molecule has 20 heavy (non-hydrogen) atoms. The molecule has 0 aliphatic rings. The third-order valence-corrected chi connectivity index (χ3v) is 4.16. The van der Waals surface area contributed by atoms with Crippen molar-refractivity contribution in [2.45, 2.75) is 13.3 Å². The molecule has 2 aromatic heterocycles. The molecular weight excluding hydrogens is 270 g/mol. The maximum Gasteiger partial charge on any atom is 0.194 e. The van der Waals surface area contributed by atoms with E-state index >= 15 is 0 Å². The van der Waals surface area contributed by atoms with Crippen molar-refractivity contribution in [2.75, 3.05) is 13.7 Å². The Labute approximate surface area is 121 Å². The van der Waals surface area contributed by atoms with Crippen molar-refractivity contribution in [3.63, 3.8) is 0 Å². The number of thiazole rings is 1. The highest BCUT2D eigenvalue weighted by molar-refractivity contribution is 7.17. The summed E-state index contributed by atoms with van der Waals surface area (Å²) in [6.07, 6.45) is 2.94. The van der Waals surface area contributed by atoms with E-state index in [1.807, 2.05) is 18.2 Å². The highest BCUT2D eigenvalue weighted by Gasteiger charge is 2.15. The van der Waals surface area contributed by atoms with Gasteiger partial charge in [-0.15, -0.1) is 11.3 Å². The van der Waals surface area contributed by atoms with Crippen LogP contribution in [0.25, 0.3) is 16.2 Å². The number of aromatic nitrogens is 2. The Hall–Kier alpha value is -1.85. The molecule has 0 radical (unpaired) electrons. The lowest BCUT2D eigenvalue weighted by Gasteiger charge is -2.05. The Balaban J connectivity index is 2.18. The molecule has 1 aromatic carbocycles. The van der Waals surface area contributed by atoms with E-state index in [4.69, 9.17) is 15.5 Å². The second-order valence-electron chi connectivity index (χ2n) is 4.67. The molecule has 104 valence electrons. The van der Waals surface area contributed by atoms with Gasteiger partial charge in [0.25, 0.3) is 0 Å². The topological polar surface area (TPSA) is 52.5 Å². The summed E-state index contributed by atoms with van der Waals surface area (Å²) < 4.78 is 7.45. The number of methoxy groups -OCH3 is 1. The number of hydrogen-bond donors (Lipinski definition) is 1. The quantitative estimate of drug-likeness (QED) is 0.802. The van der Waals surface area contributed by atoms with E-state index in [2.05, 4.69) is 23.6 Å². The second kappa shape index (κ2) is 5.26. The molecule has 3 rings (SSSR count). The molecule has 0 spiro atoms. The molecule has 4 nitrogen and oxygen atoms in total. The van der Waals surface area contributed by atoms with E-state index in [1.54, 1.807) is 18.4 Å². The highest BCUT2D eigenvalue weighted by atomic mass is 32.1. The summed E-state index contributed by atoms with van der Waals surface area (Å²) >= 11 is 1.70. The standard InChI is InChI=1S/C15H17N3OS/c1-10-9-18-13(6-7-16)14(17-15(18)20-10)11-4-3-5-12(8-11)19-2/h3-5,8-9H,6-7,16H2,1-2H3. The molecule has 0 amide bonds. The summed E-state index contributed by atoms with van der Waals surface area (Å²) in [6, 6.07) is 7.99. The van der Waals surface area contributed by atoms with E-state index in [1.165, 1.54) is 10.6 Å². The average Bonchev–Trinajstić information content (AvgIpc) is 2.97. The fraction of sp³-hybridized carbons (Fsp3) is 0.267.